The summed E-state index contributed by atoms with van der Waals surface area (Å²) in [6.07, 6.45) is 7.23. The van der Waals surface area contributed by atoms with E-state index in [9.17, 15) is 4.79 Å². The fourth-order valence-electron chi connectivity index (χ4n) is 2.86. The fourth-order valence-corrected chi connectivity index (χ4v) is 4.06. The minimum absolute atomic E-state index is 0.0632. The molecule has 0 unspecified atom stereocenters. The number of hydrogen-bond donors (Lipinski definition) is 2. The lowest BCUT2D eigenvalue weighted by Crippen LogP contribution is -2.26. The number of thiazole rings is 1. The second-order valence-corrected chi connectivity index (χ2v) is 7.22. The number of fused-ring (bicyclic) bond motifs is 1. The second kappa shape index (κ2) is 7.59. The molecule has 1 aliphatic carbocycles. The third kappa shape index (κ3) is 4.55. The summed E-state index contributed by atoms with van der Waals surface area (Å²) in [4.78, 5) is 18.1. The van der Waals surface area contributed by atoms with Crippen molar-refractivity contribution < 1.29 is 4.79 Å². The van der Waals surface area contributed by atoms with Crippen LogP contribution in [0.25, 0.3) is 0 Å². The van der Waals surface area contributed by atoms with E-state index in [1.165, 1.54) is 34.8 Å². The fraction of sp³-hybridized carbons (Fsp3) is 0.444. The number of carbonyl (C=O) groups excluding carboxylic acids is 1. The molecule has 0 radical (unpaired) electrons. The Bertz CT molecular complexity index is 640. The highest BCUT2D eigenvalue weighted by molar-refractivity contribution is 7.11. The average Bonchev–Trinajstić information content (AvgIpc) is 2.96. The lowest BCUT2D eigenvalue weighted by Gasteiger charge is -2.06. The molecule has 3 N–H and O–H groups in total. The Morgan fingerprint density at radius 3 is 2.78 bits per heavy atom. The molecule has 3 rings (SSSR count). The van der Waals surface area contributed by atoms with Crippen LogP contribution < -0.4 is 11.1 Å². The highest BCUT2D eigenvalue weighted by Crippen LogP contribution is 2.27. The van der Waals surface area contributed by atoms with Crippen molar-refractivity contribution in [1.29, 1.82) is 0 Å². The number of benzene rings is 1. The van der Waals surface area contributed by atoms with E-state index in [-0.39, 0.29) is 5.91 Å². The molecule has 1 heterocycles. The van der Waals surface area contributed by atoms with Crippen LogP contribution in [0.5, 0.6) is 0 Å². The van der Waals surface area contributed by atoms with Gasteiger partial charge in [-0.25, -0.2) is 4.98 Å². The summed E-state index contributed by atoms with van der Waals surface area (Å²) in [5.41, 5.74) is 8.68. The number of amides is 1. The molecule has 122 valence electrons. The van der Waals surface area contributed by atoms with Gasteiger partial charge in [-0.1, -0.05) is 12.1 Å². The summed E-state index contributed by atoms with van der Waals surface area (Å²) in [5, 5.41) is 4.21. The highest BCUT2D eigenvalue weighted by atomic mass is 32.1. The number of nitrogens with zero attached hydrogens (tertiary/aromatic N) is 1. The molecule has 0 aliphatic heterocycles. The smallest absolute Gasteiger partial charge is 0.224 e. The number of carbonyl (C=O) groups is 1. The summed E-state index contributed by atoms with van der Waals surface area (Å²) in [6, 6.07) is 7.45. The normalized spacial score (nSPS) is 13.6. The highest BCUT2D eigenvalue weighted by Gasteiger charge is 2.14. The van der Waals surface area contributed by atoms with Crippen LogP contribution in [0.3, 0.4) is 0 Å². The largest absolute Gasteiger partial charge is 0.399 e. The van der Waals surface area contributed by atoms with Crippen LogP contribution in [-0.2, 0) is 30.5 Å². The quantitative estimate of drug-likeness (QED) is 0.632. The Labute approximate surface area is 141 Å². The summed E-state index contributed by atoms with van der Waals surface area (Å²) in [6.45, 7) is 0.706. The predicted octanol–water partition coefficient (Wildman–Crippen LogP) is 2.90. The van der Waals surface area contributed by atoms with E-state index in [0.717, 1.165) is 30.5 Å². The Morgan fingerprint density at radius 2 is 2.00 bits per heavy atom. The number of rotatable bonds is 6. The summed E-state index contributed by atoms with van der Waals surface area (Å²) in [7, 11) is 0. The number of nitrogens with two attached hydrogens (primary N) is 1. The van der Waals surface area contributed by atoms with Gasteiger partial charge in [-0.2, -0.15) is 0 Å². The van der Waals surface area contributed by atoms with Crippen LogP contribution in [0.15, 0.2) is 24.3 Å². The zero-order chi connectivity index (χ0) is 16.1. The molecule has 0 saturated carbocycles. The van der Waals surface area contributed by atoms with E-state index in [1.54, 1.807) is 0 Å². The van der Waals surface area contributed by atoms with Gasteiger partial charge >= 0.3 is 0 Å². The molecule has 0 saturated heterocycles. The lowest BCUT2D eigenvalue weighted by atomic mass is 10.0. The first-order valence-corrected chi connectivity index (χ1v) is 9.11. The van der Waals surface area contributed by atoms with Crippen molar-refractivity contribution in [3.05, 3.63) is 45.4 Å². The molecular weight excluding hydrogens is 306 g/mol. The maximum absolute atomic E-state index is 11.9. The van der Waals surface area contributed by atoms with Gasteiger partial charge in [0, 0.05) is 23.5 Å². The maximum atomic E-state index is 11.9. The van der Waals surface area contributed by atoms with E-state index in [2.05, 4.69) is 5.32 Å². The minimum Gasteiger partial charge on any atom is -0.399 e. The van der Waals surface area contributed by atoms with Crippen molar-refractivity contribution in [3.8, 4) is 0 Å². The Kier molecular flexibility index (Phi) is 5.28. The molecule has 0 spiro atoms. The monoisotopic (exact) mass is 329 g/mol. The number of aryl methyl sites for hydroxylation is 3. The van der Waals surface area contributed by atoms with Crippen molar-refractivity contribution in [3.63, 3.8) is 0 Å². The van der Waals surface area contributed by atoms with E-state index >= 15 is 0 Å². The van der Waals surface area contributed by atoms with Crippen molar-refractivity contribution >= 4 is 22.9 Å². The molecule has 1 aromatic heterocycles. The molecule has 23 heavy (non-hydrogen) atoms. The van der Waals surface area contributed by atoms with Crippen LogP contribution >= 0.6 is 11.3 Å². The summed E-state index contributed by atoms with van der Waals surface area (Å²) in [5.74, 6) is 0.0632. The molecule has 1 aliphatic rings. The lowest BCUT2D eigenvalue weighted by molar-refractivity contribution is -0.120. The number of hydrogen-bond acceptors (Lipinski definition) is 4. The third-order valence-electron chi connectivity index (χ3n) is 4.12. The number of anilines is 1. The zero-order valence-corrected chi connectivity index (χ0v) is 14.1. The van der Waals surface area contributed by atoms with E-state index < -0.39 is 0 Å². The van der Waals surface area contributed by atoms with Gasteiger partial charge < -0.3 is 11.1 Å². The van der Waals surface area contributed by atoms with E-state index in [0.29, 0.717) is 13.0 Å². The van der Waals surface area contributed by atoms with Gasteiger partial charge in [-0.05, 0) is 49.8 Å². The van der Waals surface area contributed by atoms with Crippen molar-refractivity contribution in [2.45, 2.75) is 44.9 Å². The topological polar surface area (TPSA) is 68.0 Å². The Hall–Kier alpha value is -1.88. The first-order chi connectivity index (χ1) is 11.2. The summed E-state index contributed by atoms with van der Waals surface area (Å²) >= 11 is 1.86. The van der Waals surface area contributed by atoms with Crippen LogP contribution in [-0.4, -0.2) is 17.4 Å². The van der Waals surface area contributed by atoms with Crippen LogP contribution in [0.1, 0.15) is 40.4 Å². The van der Waals surface area contributed by atoms with E-state index in [1.807, 2.05) is 35.6 Å². The standard InChI is InChI=1S/C18H23N3OS/c19-14-9-7-13(8-10-14)12-17(22)20-11-3-6-18-21-15-4-1-2-5-16(15)23-18/h7-10H,1-6,11-12,19H2,(H,20,22). The first kappa shape index (κ1) is 16.0. The molecule has 1 aromatic carbocycles. The van der Waals surface area contributed by atoms with Gasteiger partial charge in [0.15, 0.2) is 0 Å². The maximum Gasteiger partial charge on any atom is 0.224 e. The van der Waals surface area contributed by atoms with Gasteiger partial charge in [-0.3, -0.25) is 4.79 Å². The molecule has 5 heteroatoms. The average molecular weight is 329 g/mol. The zero-order valence-electron chi connectivity index (χ0n) is 13.3. The van der Waals surface area contributed by atoms with Gasteiger partial charge in [0.1, 0.15) is 0 Å². The predicted molar refractivity (Wildman–Crippen MR) is 94.6 cm³/mol. The third-order valence-corrected chi connectivity index (χ3v) is 5.34. The number of nitrogens with one attached hydrogen (secondary N) is 1. The molecule has 0 fully saturated rings. The summed E-state index contributed by atoms with van der Waals surface area (Å²) < 4.78 is 0. The number of nitrogen functional groups attached to an aromatic ring is 1. The SMILES string of the molecule is Nc1ccc(CC(=O)NCCCc2nc3c(s2)CCCC3)cc1. The molecule has 0 bridgehead atoms. The first-order valence-electron chi connectivity index (χ1n) is 8.29. The molecule has 2 aromatic rings. The van der Waals surface area contributed by atoms with Crippen LogP contribution in [0, 0.1) is 0 Å². The molecular formula is C18H23N3OS. The molecule has 0 atom stereocenters. The molecule has 4 nitrogen and oxygen atoms in total. The van der Waals surface area contributed by atoms with Gasteiger partial charge in [-0.15, -0.1) is 11.3 Å². The van der Waals surface area contributed by atoms with E-state index in [4.69, 9.17) is 10.7 Å². The van der Waals surface area contributed by atoms with Crippen LogP contribution in [0.4, 0.5) is 5.69 Å². The Balaban J connectivity index is 1.38. The minimum atomic E-state index is 0.0632. The Morgan fingerprint density at radius 1 is 1.22 bits per heavy atom. The van der Waals surface area contributed by atoms with Gasteiger partial charge in [0.25, 0.3) is 0 Å². The van der Waals surface area contributed by atoms with Crippen molar-refractivity contribution in [2.75, 3.05) is 12.3 Å². The molecule has 1 amide bonds. The van der Waals surface area contributed by atoms with Crippen molar-refractivity contribution in [1.82, 2.24) is 10.3 Å². The van der Waals surface area contributed by atoms with Gasteiger partial charge in [0.2, 0.25) is 5.91 Å². The van der Waals surface area contributed by atoms with Gasteiger partial charge in [0.05, 0.1) is 17.1 Å². The number of aromatic nitrogens is 1. The van der Waals surface area contributed by atoms with Crippen molar-refractivity contribution in [2.24, 2.45) is 0 Å². The second-order valence-electron chi connectivity index (χ2n) is 6.06. The van der Waals surface area contributed by atoms with Crippen LogP contribution in [0.2, 0.25) is 0 Å².